The summed E-state index contributed by atoms with van der Waals surface area (Å²) in [5.74, 6) is 0. The number of hydrogen-bond donors (Lipinski definition) is 0. The van der Waals surface area contributed by atoms with Gasteiger partial charge in [-0.15, -0.1) is 11.3 Å². The number of hydrogen-bond acceptors (Lipinski definition) is 3. The van der Waals surface area contributed by atoms with Crippen molar-refractivity contribution in [3.05, 3.63) is 53.9 Å². The molecule has 20 heavy (non-hydrogen) atoms. The number of imidazole rings is 1. The number of alkyl halides is 3. The smallest absolute Gasteiger partial charge is 0.282 e. The standard InChI is InChI=1S/C13H8F3N3S/c14-13(15,16)10-3-1-2-9(6-10)11-7-20-12(18-11)19-5-4-17-8-19/h1-8H. The second kappa shape index (κ2) is 4.75. The average Bonchev–Trinajstić information content (AvgIpc) is 3.09. The molecule has 0 bridgehead atoms. The Balaban J connectivity index is 1.98. The van der Waals surface area contributed by atoms with E-state index in [2.05, 4.69) is 9.97 Å². The summed E-state index contributed by atoms with van der Waals surface area (Å²) in [7, 11) is 0. The van der Waals surface area contributed by atoms with Gasteiger partial charge in [-0.1, -0.05) is 12.1 Å². The van der Waals surface area contributed by atoms with Gasteiger partial charge in [-0.05, 0) is 12.1 Å². The molecule has 0 saturated heterocycles. The third-order valence-electron chi connectivity index (χ3n) is 2.70. The molecule has 0 fully saturated rings. The third-order valence-corrected chi connectivity index (χ3v) is 3.56. The van der Waals surface area contributed by atoms with E-state index in [1.807, 2.05) is 0 Å². The lowest BCUT2D eigenvalue weighted by Crippen LogP contribution is -2.04. The van der Waals surface area contributed by atoms with Crippen LogP contribution in [0.3, 0.4) is 0 Å². The van der Waals surface area contributed by atoms with Gasteiger partial charge in [0.25, 0.3) is 0 Å². The average molecular weight is 295 g/mol. The van der Waals surface area contributed by atoms with Crippen molar-refractivity contribution in [2.75, 3.05) is 0 Å². The van der Waals surface area contributed by atoms with Gasteiger partial charge in [0, 0.05) is 23.3 Å². The van der Waals surface area contributed by atoms with E-state index in [9.17, 15) is 13.2 Å². The first kappa shape index (κ1) is 12.9. The van der Waals surface area contributed by atoms with Gasteiger partial charge in [0.05, 0.1) is 11.3 Å². The second-order valence-corrected chi connectivity index (χ2v) is 4.90. The maximum Gasteiger partial charge on any atom is 0.416 e. The van der Waals surface area contributed by atoms with Crippen LogP contribution in [-0.4, -0.2) is 14.5 Å². The van der Waals surface area contributed by atoms with Gasteiger partial charge in [0.1, 0.15) is 6.33 Å². The monoisotopic (exact) mass is 295 g/mol. The fraction of sp³-hybridized carbons (Fsp3) is 0.0769. The summed E-state index contributed by atoms with van der Waals surface area (Å²) in [4.78, 5) is 8.23. The summed E-state index contributed by atoms with van der Waals surface area (Å²) < 4.78 is 39.8. The molecule has 0 aliphatic carbocycles. The summed E-state index contributed by atoms with van der Waals surface area (Å²) in [5.41, 5.74) is 0.291. The van der Waals surface area contributed by atoms with Crippen molar-refractivity contribution in [3.63, 3.8) is 0 Å². The molecule has 3 rings (SSSR count). The minimum atomic E-state index is -4.35. The molecule has 0 amide bonds. The van der Waals surface area contributed by atoms with Crippen molar-refractivity contribution in [1.82, 2.24) is 14.5 Å². The van der Waals surface area contributed by atoms with Gasteiger partial charge in [-0.2, -0.15) is 13.2 Å². The van der Waals surface area contributed by atoms with E-state index in [4.69, 9.17) is 0 Å². The van der Waals surface area contributed by atoms with Crippen LogP contribution in [0, 0.1) is 0 Å². The highest BCUT2D eigenvalue weighted by Crippen LogP contribution is 2.32. The first-order chi connectivity index (χ1) is 9.54. The van der Waals surface area contributed by atoms with Crippen molar-refractivity contribution in [2.24, 2.45) is 0 Å². The minimum absolute atomic E-state index is 0.447. The van der Waals surface area contributed by atoms with Crippen LogP contribution >= 0.6 is 11.3 Å². The molecule has 1 aromatic carbocycles. The van der Waals surface area contributed by atoms with Crippen LogP contribution in [-0.2, 0) is 6.18 Å². The number of benzene rings is 1. The highest BCUT2D eigenvalue weighted by molar-refractivity contribution is 7.12. The van der Waals surface area contributed by atoms with Gasteiger partial charge >= 0.3 is 6.18 Å². The summed E-state index contributed by atoms with van der Waals surface area (Å²) in [5, 5.41) is 2.39. The Morgan fingerprint density at radius 2 is 2.05 bits per heavy atom. The lowest BCUT2D eigenvalue weighted by Gasteiger charge is -2.07. The van der Waals surface area contributed by atoms with E-state index >= 15 is 0 Å². The maximum atomic E-state index is 12.7. The van der Waals surface area contributed by atoms with Crippen LogP contribution in [0.15, 0.2) is 48.4 Å². The first-order valence-electron chi connectivity index (χ1n) is 5.65. The molecule has 102 valence electrons. The molecule has 0 saturated carbocycles. The zero-order valence-electron chi connectivity index (χ0n) is 10.0. The van der Waals surface area contributed by atoms with E-state index in [0.717, 1.165) is 12.1 Å². The van der Waals surface area contributed by atoms with Crippen molar-refractivity contribution >= 4 is 11.3 Å². The molecule has 0 unspecified atom stereocenters. The Labute approximate surface area is 116 Å². The van der Waals surface area contributed by atoms with Gasteiger partial charge < -0.3 is 0 Å². The largest absolute Gasteiger partial charge is 0.416 e. The zero-order valence-corrected chi connectivity index (χ0v) is 10.8. The molecule has 0 atom stereocenters. The predicted octanol–water partition coefficient (Wildman–Crippen LogP) is 4.01. The first-order valence-corrected chi connectivity index (χ1v) is 6.53. The van der Waals surface area contributed by atoms with E-state index < -0.39 is 11.7 Å². The molecule has 0 radical (unpaired) electrons. The fourth-order valence-corrected chi connectivity index (χ4v) is 2.53. The highest BCUT2D eigenvalue weighted by atomic mass is 32.1. The number of halogens is 3. The second-order valence-electron chi connectivity index (χ2n) is 4.06. The molecule has 0 aliphatic rings. The molecule has 0 spiro atoms. The van der Waals surface area contributed by atoms with E-state index in [1.165, 1.54) is 17.4 Å². The summed E-state index contributed by atoms with van der Waals surface area (Å²) >= 11 is 1.35. The van der Waals surface area contributed by atoms with Gasteiger partial charge in [-0.3, -0.25) is 4.57 Å². The molecular formula is C13H8F3N3S. The predicted molar refractivity (Wildman–Crippen MR) is 69.7 cm³/mol. The number of thiazole rings is 1. The van der Waals surface area contributed by atoms with E-state index in [0.29, 0.717) is 16.4 Å². The number of rotatable bonds is 2. The Morgan fingerprint density at radius 3 is 2.75 bits per heavy atom. The van der Waals surface area contributed by atoms with Gasteiger partial charge in [0.15, 0.2) is 5.13 Å². The lowest BCUT2D eigenvalue weighted by atomic mass is 10.1. The topological polar surface area (TPSA) is 30.7 Å². The quantitative estimate of drug-likeness (QED) is 0.715. The molecule has 3 nitrogen and oxygen atoms in total. The van der Waals surface area contributed by atoms with E-state index in [1.54, 1.807) is 34.7 Å². The lowest BCUT2D eigenvalue weighted by molar-refractivity contribution is -0.137. The van der Waals surface area contributed by atoms with Crippen LogP contribution in [0.5, 0.6) is 0 Å². The molecule has 2 heterocycles. The Morgan fingerprint density at radius 1 is 1.20 bits per heavy atom. The van der Waals surface area contributed by atoms with Gasteiger partial charge in [-0.25, -0.2) is 9.97 Å². The number of nitrogens with zero attached hydrogens (tertiary/aromatic N) is 3. The maximum absolute atomic E-state index is 12.7. The van der Waals surface area contributed by atoms with Crippen LogP contribution in [0.4, 0.5) is 13.2 Å². The van der Waals surface area contributed by atoms with Crippen LogP contribution in [0.25, 0.3) is 16.4 Å². The Kier molecular flexibility index (Phi) is 3.06. The van der Waals surface area contributed by atoms with Crippen LogP contribution < -0.4 is 0 Å². The molecule has 2 aromatic heterocycles. The van der Waals surface area contributed by atoms with Gasteiger partial charge in [0.2, 0.25) is 0 Å². The van der Waals surface area contributed by atoms with Crippen molar-refractivity contribution in [3.8, 4) is 16.4 Å². The highest BCUT2D eigenvalue weighted by Gasteiger charge is 2.30. The Hall–Kier alpha value is -2.15. The van der Waals surface area contributed by atoms with Crippen molar-refractivity contribution in [1.29, 1.82) is 0 Å². The van der Waals surface area contributed by atoms with Crippen molar-refractivity contribution in [2.45, 2.75) is 6.18 Å². The van der Waals surface area contributed by atoms with Crippen LogP contribution in [0.1, 0.15) is 5.56 Å². The van der Waals surface area contributed by atoms with E-state index in [-0.39, 0.29) is 0 Å². The molecule has 3 aromatic rings. The SMILES string of the molecule is FC(F)(F)c1cccc(-c2csc(-n3ccnc3)n2)c1. The summed E-state index contributed by atoms with van der Waals surface area (Å²) in [6, 6.07) is 5.15. The molecule has 0 aliphatic heterocycles. The van der Waals surface area contributed by atoms with Crippen LogP contribution in [0.2, 0.25) is 0 Å². The zero-order chi connectivity index (χ0) is 14.2. The number of aromatic nitrogens is 3. The third kappa shape index (κ3) is 2.44. The minimum Gasteiger partial charge on any atom is -0.282 e. The summed E-state index contributed by atoms with van der Waals surface area (Å²) in [6.45, 7) is 0. The normalized spacial score (nSPS) is 11.8. The molecule has 0 N–H and O–H groups in total. The summed E-state index contributed by atoms with van der Waals surface area (Å²) in [6.07, 6.45) is 0.591. The molecular weight excluding hydrogens is 287 g/mol. The van der Waals surface area contributed by atoms with Crippen molar-refractivity contribution < 1.29 is 13.2 Å². The Bertz CT molecular complexity index is 717. The molecule has 7 heteroatoms. The fourth-order valence-electron chi connectivity index (χ4n) is 1.74.